The number of hydrogen-bond acceptors (Lipinski definition) is 12. The maximum atomic E-state index is 13.0. The zero-order valence-corrected chi connectivity index (χ0v) is 32.9. The fraction of sp³-hybridized carbons (Fsp3) is 0.463. The van der Waals surface area contributed by atoms with Gasteiger partial charge in [0.25, 0.3) is 0 Å². The summed E-state index contributed by atoms with van der Waals surface area (Å²) in [5.41, 5.74) is 3.48. The number of rotatable bonds is 25. The van der Waals surface area contributed by atoms with E-state index < -0.39 is 0 Å². The van der Waals surface area contributed by atoms with E-state index in [4.69, 9.17) is 44.8 Å². The Kier molecular flexibility index (Phi) is 18.4. The lowest BCUT2D eigenvalue weighted by molar-refractivity contribution is -0.117. The topological polar surface area (TPSA) is 155 Å². The monoisotopic (exact) mass is 777 g/mol. The number of nitrogens with zero attached hydrogens (tertiary/aromatic N) is 3. The Morgan fingerprint density at radius 2 is 1.49 bits per heavy atom. The Morgan fingerprint density at radius 3 is 2.09 bits per heavy atom. The average molecular weight is 778 g/mol. The Bertz CT molecular complexity index is 1820. The van der Waals surface area contributed by atoms with Crippen LogP contribution >= 0.6 is 11.6 Å². The van der Waals surface area contributed by atoms with Gasteiger partial charge in [-0.3, -0.25) is 14.8 Å². The highest BCUT2D eigenvalue weighted by Gasteiger charge is 2.17. The zero-order chi connectivity index (χ0) is 39.3. The van der Waals surface area contributed by atoms with Gasteiger partial charge in [-0.1, -0.05) is 38.4 Å². The van der Waals surface area contributed by atoms with Gasteiger partial charge < -0.3 is 43.8 Å². The Morgan fingerprint density at radius 1 is 0.818 bits per heavy atom. The third-order valence-corrected chi connectivity index (χ3v) is 8.22. The third-order valence-electron chi connectivity index (χ3n) is 7.92. The summed E-state index contributed by atoms with van der Waals surface area (Å²) in [5, 5.41) is 17.2. The van der Waals surface area contributed by atoms with Crippen molar-refractivity contribution in [2.75, 3.05) is 83.3 Å². The molecule has 2 heterocycles. The SMILES string of the molecule is CCOc1cc2ncc(C#N)c(Nc3ccc(OCc4ccccn4)c(Cl)c3)c2cc1NC(=O)CCOCCOCCOCCOCCOCCC(C)(C)C. The normalized spacial score (nSPS) is 11.3. The van der Waals surface area contributed by atoms with Gasteiger partial charge in [-0.25, -0.2) is 0 Å². The molecule has 13 nitrogen and oxygen atoms in total. The quantitative estimate of drug-likeness (QED) is 0.0633. The van der Waals surface area contributed by atoms with Crippen LogP contribution in [-0.4, -0.2) is 88.6 Å². The highest BCUT2D eigenvalue weighted by atomic mass is 35.5. The molecule has 4 aromatic rings. The molecular weight excluding hydrogens is 726 g/mol. The van der Waals surface area contributed by atoms with Crippen LogP contribution in [-0.2, 0) is 35.1 Å². The number of anilines is 3. The lowest BCUT2D eigenvalue weighted by Crippen LogP contribution is -2.17. The molecule has 0 unspecified atom stereocenters. The van der Waals surface area contributed by atoms with Gasteiger partial charge in [-0.15, -0.1) is 0 Å². The number of nitrogens with one attached hydrogen (secondary N) is 2. The van der Waals surface area contributed by atoms with Crippen LogP contribution in [0.4, 0.5) is 17.1 Å². The maximum Gasteiger partial charge on any atom is 0.226 e. The number of benzene rings is 2. The van der Waals surface area contributed by atoms with E-state index >= 15 is 0 Å². The first kappa shape index (κ1) is 43.2. The van der Waals surface area contributed by atoms with Crippen LogP contribution in [0.2, 0.25) is 5.02 Å². The van der Waals surface area contributed by atoms with Crippen molar-refractivity contribution >= 4 is 45.5 Å². The van der Waals surface area contributed by atoms with Crippen molar-refractivity contribution < 1.29 is 38.0 Å². The summed E-state index contributed by atoms with van der Waals surface area (Å²) in [6.45, 7) is 13.7. The summed E-state index contributed by atoms with van der Waals surface area (Å²) in [5.74, 6) is 0.681. The van der Waals surface area contributed by atoms with Crippen LogP contribution < -0.4 is 20.1 Å². The number of carbonyl (C=O) groups is 1. The molecule has 0 spiro atoms. The molecule has 0 fully saturated rings. The molecule has 0 aliphatic carbocycles. The standard InChI is InChI=1S/C41H52ClN5O8/c1-5-54-38-26-35-33(40(30(27-43)28-45-35)46-31-9-10-37(34(42)24-31)55-29-32-8-6-7-13-44-32)25-36(38)47-39(48)11-14-49-16-18-51-20-22-53-23-21-52-19-17-50-15-12-41(2,3)4/h6-10,13,24-26,28H,5,11-12,14-23,29H2,1-4H3,(H,45,46)(H,47,48). The first-order valence-electron chi connectivity index (χ1n) is 18.4. The van der Waals surface area contributed by atoms with Crippen LogP contribution in [0.25, 0.3) is 10.9 Å². The number of aromatic nitrogens is 2. The largest absolute Gasteiger partial charge is 0.492 e. The van der Waals surface area contributed by atoms with Crippen LogP contribution in [0.3, 0.4) is 0 Å². The number of hydrogen-bond donors (Lipinski definition) is 2. The number of carbonyl (C=O) groups excluding carboxylic acids is 1. The second-order valence-corrected chi connectivity index (χ2v) is 13.9. The number of pyridine rings is 2. The summed E-state index contributed by atoms with van der Waals surface area (Å²) in [7, 11) is 0. The second-order valence-electron chi connectivity index (χ2n) is 13.5. The van der Waals surface area contributed by atoms with Crippen molar-refractivity contribution in [1.29, 1.82) is 5.26 Å². The molecule has 0 aliphatic heterocycles. The van der Waals surface area contributed by atoms with Crippen molar-refractivity contribution in [3.63, 3.8) is 0 Å². The fourth-order valence-electron chi connectivity index (χ4n) is 5.02. The first-order chi connectivity index (χ1) is 26.7. The predicted octanol–water partition coefficient (Wildman–Crippen LogP) is 7.72. The van der Waals surface area contributed by atoms with E-state index in [1.54, 1.807) is 36.5 Å². The van der Waals surface area contributed by atoms with Crippen molar-refractivity contribution in [1.82, 2.24) is 9.97 Å². The molecule has 296 valence electrons. The smallest absolute Gasteiger partial charge is 0.226 e. The van der Waals surface area contributed by atoms with Gasteiger partial charge in [0, 0.05) is 36.1 Å². The molecule has 0 atom stereocenters. The lowest BCUT2D eigenvalue weighted by atomic mass is 9.93. The fourth-order valence-corrected chi connectivity index (χ4v) is 5.26. The third kappa shape index (κ3) is 15.6. The number of amides is 1. The molecule has 2 N–H and O–H groups in total. The van der Waals surface area contributed by atoms with Gasteiger partial charge in [-0.05, 0) is 55.2 Å². The molecular formula is C41H52ClN5O8. The van der Waals surface area contributed by atoms with E-state index in [0.29, 0.717) is 110 Å². The predicted molar refractivity (Wildman–Crippen MR) is 212 cm³/mol. The molecule has 1 amide bonds. The minimum absolute atomic E-state index is 0.114. The summed E-state index contributed by atoms with van der Waals surface area (Å²) in [4.78, 5) is 21.7. The van der Waals surface area contributed by atoms with E-state index in [0.717, 1.165) is 18.7 Å². The van der Waals surface area contributed by atoms with E-state index in [1.165, 1.54) is 6.20 Å². The Balaban J connectivity index is 1.21. The average Bonchev–Trinajstić information content (AvgIpc) is 3.16. The van der Waals surface area contributed by atoms with E-state index in [-0.39, 0.29) is 31.0 Å². The molecule has 4 rings (SSSR count). The molecule has 0 saturated heterocycles. The van der Waals surface area contributed by atoms with Crippen molar-refractivity contribution in [3.8, 4) is 17.6 Å². The highest BCUT2D eigenvalue weighted by molar-refractivity contribution is 6.32. The minimum atomic E-state index is -0.264. The molecule has 14 heteroatoms. The number of nitriles is 1. The minimum Gasteiger partial charge on any atom is -0.492 e. The van der Waals surface area contributed by atoms with Gasteiger partial charge in [0.2, 0.25) is 5.91 Å². The Hall–Kier alpha value is -4.55. The molecule has 0 radical (unpaired) electrons. The maximum absolute atomic E-state index is 13.0. The van der Waals surface area contributed by atoms with Crippen molar-refractivity contribution in [2.45, 2.75) is 47.1 Å². The number of halogens is 1. The summed E-state index contributed by atoms with van der Waals surface area (Å²) >= 11 is 6.57. The van der Waals surface area contributed by atoms with Gasteiger partial charge in [-0.2, -0.15) is 5.26 Å². The van der Waals surface area contributed by atoms with E-state index in [9.17, 15) is 10.1 Å². The molecule has 2 aromatic heterocycles. The molecule has 2 aromatic carbocycles. The van der Waals surface area contributed by atoms with Gasteiger partial charge in [0.1, 0.15) is 24.2 Å². The van der Waals surface area contributed by atoms with Gasteiger partial charge in [0.15, 0.2) is 0 Å². The number of fused-ring (bicyclic) bond motifs is 1. The highest BCUT2D eigenvalue weighted by Crippen LogP contribution is 2.37. The molecule has 0 bridgehead atoms. The van der Waals surface area contributed by atoms with Crippen molar-refractivity contribution in [3.05, 3.63) is 77.2 Å². The molecule has 0 aliphatic rings. The molecule has 0 saturated carbocycles. The summed E-state index contributed by atoms with van der Waals surface area (Å²) in [6.07, 6.45) is 4.32. The number of ether oxygens (including phenoxy) is 7. The van der Waals surface area contributed by atoms with E-state index in [2.05, 4.69) is 47.4 Å². The van der Waals surface area contributed by atoms with Crippen LogP contribution in [0, 0.1) is 16.7 Å². The lowest BCUT2D eigenvalue weighted by Gasteiger charge is -2.17. The summed E-state index contributed by atoms with van der Waals surface area (Å²) < 4.78 is 39.5. The van der Waals surface area contributed by atoms with Crippen LogP contribution in [0.5, 0.6) is 11.5 Å². The van der Waals surface area contributed by atoms with Crippen LogP contribution in [0.1, 0.15) is 51.8 Å². The van der Waals surface area contributed by atoms with E-state index in [1.807, 2.05) is 25.1 Å². The zero-order valence-electron chi connectivity index (χ0n) is 32.2. The van der Waals surface area contributed by atoms with Crippen LogP contribution in [0.15, 0.2) is 60.9 Å². The van der Waals surface area contributed by atoms with Crippen molar-refractivity contribution in [2.24, 2.45) is 5.41 Å². The first-order valence-corrected chi connectivity index (χ1v) is 18.8. The second kappa shape index (κ2) is 23.4. The summed E-state index contributed by atoms with van der Waals surface area (Å²) in [6, 6.07) is 16.5. The molecule has 55 heavy (non-hydrogen) atoms. The Labute approximate surface area is 328 Å². The van der Waals surface area contributed by atoms with Gasteiger partial charge >= 0.3 is 0 Å². The van der Waals surface area contributed by atoms with Gasteiger partial charge in [0.05, 0.1) is 106 Å².